The van der Waals surface area contributed by atoms with Crippen molar-refractivity contribution in [3.05, 3.63) is 65.1 Å². The fourth-order valence-corrected chi connectivity index (χ4v) is 6.56. The van der Waals surface area contributed by atoms with Crippen molar-refractivity contribution in [2.45, 2.75) is 56.1 Å². The Balaban J connectivity index is 1.51. The first-order chi connectivity index (χ1) is 18.7. The second-order valence-corrected chi connectivity index (χ2v) is 12.3. The van der Waals surface area contributed by atoms with E-state index in [0.29, 0.717) is 13.0 Å². The molecule has 39 heavy (non-hydrogen) atoms. The predicted molar refractivity (Wildman–Crippen MR) is 145 cm³/mol. The van der Waals surface area contributed by atoms with Gasteiger partial charge in [0.2, 0.25) is 10.0 Å². The molecule has 2 fully saturated rings. The molecule has 0 aromatic heterocycles. The van der Waals surface area contributed by atoms with E-state index in [9.17, 15) is 18.1 Å². The van der Waals surface area contributed by atoms with Crippen molar-refractivity contribution in [1.82, 2.24) is 9.62 Å². The number of ether oxygens (including phenoxy) is 3. The molecular weight excluding hydrogens is 524 g/mol. The number of hydrogen-bond acceptors (Lipinski definition) is 9. The summed E-state index contributed by atoms with van der Waals surface area (Å²) in [6, 6.07) is 13.5. The summed E-state index contributed by atoms with van der Waals surface area (Å²) in [5.41, 5.74) is 7.69. The molecule has 0 spiro atoms. The van der Waals surface area contributed by atoms with E-state index in [-0.39, 0.29) is 48.4 Å². The third-order valence-electron chi connectivity index (χ3n) is 6.93. The zero-order valence-electron chi connectivity index (χ0n) is 22.1. The summed E-state index contributed by atoms with van der Waals surface area (Å²) in [6.07, 6.45) is -0.281. The van der Waals surface area contributed by atoms with Gasteiger partial charge >= 0.3 is 6.09 Å². The molecule has 3 N–H and O–H groups in total. The van der Waals surface area contributed by atoms with Gasteiger partial charge in [-0.05, 0) is 53.8 Å². The first-order valence-corrected chi connectivity index (χ1v) is 14.5. The number of amides is 1. The van der Waals surface area contributed by atoms with Crippen molar-refractivity contribution in [2.24, 2.45) is 22.7 Å². The summed E-state index contributed by atoms with van der Waals surface area (Å²) in [6.45, 7) is 4.82. The topological polar surface area (TPSA) is 150 Å². The molecule has 11 nitrogen and oxygen atoms in total. The molecule has 2 heterocycles. The summed E-state index contributed by atoms with van der Waals surface area (Å²) in [4.78, 5) is 23.8. The Morgan fingerprint density at radius 2 is 1.85 bits per heavy atom. The first kappa shape index (κ1) is 29.1. The Labute approximate surface area is 229 Å². The van der Waals surface area contributed by atoms with Crippen molar-refractivity contribution in [3.63, 3.8) is 0 Å². The molecular formula is C27H36N4O7S. The predicted octanol–water partition coefficient (Wildman–Crippen LogP) is 3.16. The molecule has 12 heteroatoms. The molecule has 0 unspecified atom stereocenters. The van der Waals surface area contributed by atoms with E-state index in [4.69, 9.17) is 19.9 Å². The average molecular weight is 561 g/mol. The lowest BCUT2D eigenvalue weighted by Crippen LogP contribution is -2.55. The molecule has 0 radical (unpaired) electrons. The van der Waals surface area contributed by atoms with Gasteiger partial charge in [-0.1, -0.05) is 44.2 Å². The molecule has 0 aliphatic carbocycles. The minimum Gasteiger partial charge on any atom is -0.443 e. The SMILES string of the molecule is CC(C)CN(C[C@@H](N)[C@H](Cc1ccccc1)NC(=O)O[C@H]1CO[C@H]2OCC[C@H]21)S(=O)(=O)c1ccc(N=O)cc1. The Bertz CT molecular complexity index is 1210. The van der Waals surface area contributed by atoms with Crippen molar-refractivity contribution < 1.29 is 27.4 Å². The highest BCUT2D eigenvalue weighted by Gasteiger charge is 2.44. The Hall–Kier alpha value is -2.90. The molecule has 1 amide bonds. The van der Waals surface area contributed by atoms with Gasteiger partial charge in [0.15, 0.2) is 6.29 Å². The number of carbonyl (C=O) groups excluding carboxylic acids is 1. The monoisotopic (exact) mass is 560 g/mol. The smallest absolute Gasteiger partial charge is 0.407 e. The van der Waals surface area contributed by atoms with Gasteiger partial charge in [0.25, 0.3) is 0 Å². The highest BCUT2D eigenvalue weighted by molar-refractivity contribution is 7.89. The van der Waals surface area contributed by atoms with Gasteiger partial charge in [-0.3, -0.25) is 0 Å². The third kappa shape index (κ3) is 7.40. The molecule has 4 rings (SSSR count). The molecule has 0 saturated carbocycles. The number of alkyl carbamates (subject to hydrolysis) is 1. The standard InChI is InChI=1S/C27H36N4O7S/c1-18(2)15-31(39(34,35)21-10-8-20(30-33)9-11-21)16-23(28)24(14-19-6-4-3-5-7-19)29-27(32)38-25-17-37-26-22(25)12-13-36-26/h3-11,18,22-26H,12-17,28H2,1-2H3,(H,29,32)/t22-,23+,24-,25-,26+/m0/s1. The van der Waals surface area contributed by atoms with Gasteiger partial charge in [0, 0.05) is 19.1 Å². The minimum atomic E-state index is -3.94. The van der Waals surface area contributed by atoms with Crippen LogP contribution in [0.3, 0.4) is 0 Å². The van der Waals surface area contributed by atoms with Crippen LogP contribution in [0.2, 0.25) is 0 Å². The summed E-state index contributed by atoms with van der Waals surface area (Å²) >= 11 is 0. The zero-order chi connectivity index (χ0) is 28.0. The maximum atomic E-state index is 13.6. The number of fused-ring (bicyclic) bond motifs is 1. The Kier molecular flexibility index (Phi) is 9.67. The minimum absolute atomic E-state index is 0.00974. The fourth-order valence-electron chi connectivity index (χ4n) is 4.92. The lowest BCUT2D eigenvalue weighted by molar-refractivity contribution is -0.0907. The van der Waals surface area contributed by atoms with Crippen molar-refractivity contribution >= 4 is 21.8 Å². The molecule has 2 aromatic carbocycles. The first-order valence-electron chi connectivity index (χ1n) is 13.1. The highest BCUT2D eigenvalue weighted by atomic mass is 32.2. The molecule has 2 saturated heterocycles. The van der Waals surface area contributed by atoms with Gasteiger partial charge in [0.1, 0.15) is 11.8 Å². The zero-order valence-corrected chi connectivity index (χ0v) is 23.0. The summed E-state index contributed by atoms with van der Waals surface area (Å²) in [7, 11) is -3.94. The van der Waals surface area contributed by atoms with Crippen molar-refractivity contribution in [2.75, 3.05) is 26.3 Å². The molecule has 2 aliphatic rings. The average Bonchev–Trinajstić information content (AvgIpc) is 3.53. The number of benzene rings is 2. The van der Waals surface area contributed by atoms with Crippen LogP contribution in [0.1, 0.15) is 25.8 Å². The molecule has 2 aliphatic heterocycles. The van der Waals surface area contributed by atoms with E-state index in [1.54, 1.807) is 0 Å². The van der Waals surface area contributed by atoms with Gasteiger partial charge in [-0.2, -0.15) is 4.31 Å². The van der Waals surface area contributed by atoms with E-state index >= 15 is 0 Å². The summed E-state index contributed by atoms with van der Waals surface area (Å²) < 4.78 is 45.2. The lowest BCUT2D eigenvalue weighted by atomic mass is 9.99. The Morgan fingerprint density at radius 3 is 2.51 bits per heavy atom. The number of nitrogens with zero attached hydrogens (tertiary/aromatic N) is 2. The van der Waals surface area contributed by atoms with Crippen LogP contribution in [0.15, 0.2) is 64.7 Å². The van der Waals surface area contributed by atoms with Gasteiger partial charge < -0.3 is 25.3 Å². The van der Waals surface area contributed by atoms with Crippen LogP contribution in [-0.2, 0) is 30.7 Å². The van der Waals surface area contributed by atoms with Crippen LogP contribution in [-0.4, -0.2) is 69.6 Å². The van der Waals surface area contributed by atoms with E-state index in [1.165, 1.54) is 28.6 Å². The van der Waals surface area contributed by atoms with Crippen LogP contribution in [0, 0.1) is 16.7 Å². The Morgan fingerprint density at radius 1 is 1.13 bits per heavy atom. The van der Waals surface area contributed by atoms with E-state index in [0.717, 1.165) is 12.0 Å². The maximum absolute atomic E-state index is 13.6. The maximum Gasteiger partial charge on any atom is 0.407 e. The van der Waals surface area contributed by atoms with E-state index in [2.05, 4.69) is 10.5 Å². The number of rotatable bonds is 12. The molecule has 2 aromatic rings. The fraction of sp³-hybridized carbons (Fsp3) is 0.519. The number of nitroso groups, excluding NO2 is 1. The highest BCUT2D eigenvalue weighted by Crippen LogP contribution is 2.33. The second-order valence-electron chi connectivity index (χ2n) is 10.4. The van der Waals surface area contributed by atoms with Crippen LogP contribution < -0.4 is 11.1 Å². The largest absolute Gasteiger partial charge is 0.443 e. The quantitative estimate of drug-likeness (QED) is 0.376. The van der Waals surface area contributed by atoms with Crippen molar-refractivity contribution in [1.29, 1.82) is 0 Å². The van der Waals surface area contributed by atoms with E-state index in [1.807, 2.05) is 44.2 Å². The number of nitrogens with two attached hydrogens (primary N) is 1. The third-order valence-corrected chi connectivity index (χ3v) is 8.77. The summed E-state index contributed by atoms with van der Waals surface area (Å²) in [5.74, 6) is 0.00167. The van der Waals surface area contributed by atoms with Crippen molar-refractivity contribution in [3.8, 4) is 0 Å². The number of sulfonamides is 1. The van der Waals surface area contributed by atoms with Crippen LogP contribution in [0.25, 0.3) is 0 Å². The van der Waals surface area contributed by atoms with Gasteiger partial charge in [0.05, 0.1) is 30.1 Å². The number of nitrogens with one attached hydrogen (secondary N) is 1. The lowest BCUT2D eigenvalue weighted by Gasteiger charge is -2.31. The number of carbonyl (C=O) groups is 1. The summed E-state index contributed by atoms with van der Waals surface area (Å²) in [5, 5.41) is 5.72. The molecule has 5 atom stereocenters. The molecule has 212 valence electrons. The van der Waals surface area contributed by atoms with E-state index < -0.39 is 34.3 Å². The van der Waals surface area contributed by atoms with Crippen LogP contribution in [0.4, 0.5) is 10.5 Å². The number of hydrogen-bond donors (Lipinski definition) is 2. The van der Waals surface area contributed by atoms with Gasteiger partial charge in [-0.15, -0.1) is 4.91 Å². The van der Waals surface area contributed by atoms with Crippen LogP contribution in [0.5, 0.6) is 0 Å². The van der Waals surface area contributed by atoms with Crippen LogP contribution >= 0.6 is 0 Å². The molecule has 0 bridgehead atoms. The van der Waals surface area contributed by atoms with Gasteiger partial charge in [-0.25, -0.2) is 13.2 Å². The second kappa shape index (κ2) is 13.0. The normalized spacial score (nSPS) is 22.4.